The monoisotopic (exact) mass is 405 g/mol. The molecule has 5 heteroatoms. The molecule has 0 atom stereocenters. The number of amides is 1. The molecule has 0 aromatic heterocycles. The third-order valence-corrected chi connectivity index (χ3v) is 6.20. The molecule has 1 amide bonds. The second-order valence-electron chi connectivity index (χ2n) is 7.11. The minimum absolute atomic E-state index is 0.0588. The SMILES string of the molecule is O=C(c1ccccc1C(c1ccc(O)cc1)c1ccc(O)cc1)N1CCSCC1. The van der Waals surface area contributed by atoms with Crippen molar-refractivity contribution in [1.29, 1.82) is 0 Å². The van der Waals surface area contributed by atoms with Gasteiger partial charge in [-0.25, -0.2) is 0 Å². The Labute approximate surface area is 174 Å². The molecule has 1 aliphatic rings. The van der Waals surface area contributed by atoms with Gasteiger partial charge in [0.25, 0.3) is 5.91 Å². The van der Waals surface area contributed by atoms with Gasteiger partial charge >= 0.3 is 0 Å². The zero-order valence-electron chi connectivity index (χ0n) is 16.0. The van der Waals surface area contributed by atoms with Crippen molar-refractivity contribution in [2.75, 3.05) is 24.6 Å². The molecule has 0 radical (unpaired) electrons. The molecule has 4 rings (SSSR count). The molecule has 1 heterocycles. The van der Waals surface area contributed by atoms with E-state index in [4.69, 9.17) is 0 Å². The lowest BCUT2D eigenvalue weighted by Crippen LogP contribution is -2.38. The van der Waals surface area contributed by atoms with Crippen molar-refractivity contribution < 1.29 is 15.0 Å². The predicted octanol–water partition coefficient (Wildman–Crippen LogP) is 4.47. The van der Waals surface area contributed by atoms with Crippen LogP contribution in [-0.2, 0) is 0 Å². The Morgan fingerprint density at radius 3 is 1.86 bits per heavy atom. The van der Waals surface area contributed by atoms with Crippen LogP contribution in [0.2, 0.25) is 0 Å². The van der Waals surface area contributed by atoms with Crippen LogP contribution < -0.4 is 0 Å². The van der Waals surface area contributed by atoms with Gasteiger partial charge in [0.05, 0.1) is 0 Å². The van der Waals surface area contributed by atoms with Crippen LogP contribution in [0.25, 0.3) is 0 Å². The van der Waals surface area contributed by atoms with Gasteiger partial charge in [-0.2, -0.15) is 11.8 Å². The van der Waals surface area contributed by atoms with Gasteiger partial charge in [0.2, 0.25) is 0 Å². The number of thioether (sulfide) groups is 1. The Balaban J connectivity index is 1.81. The van der Waals surface area contributed by atoms with E-state index in [2.05, 4.69) is 0 Å². The molecule has 1 aliphatic heterocycles. The van der Waals surface area contributed by atoms with Crippen LogP contribution >= 0.6 is 11.8 Å². The van der Waals surface area contributed by atoms with E-state index in [1.165, 1.54) is 0 Å². The first-order valence-electron chi connectivity index (χ1n) is 9.67. The number of carbonyl (C=O) groups excluding carboxylic acids is 1. The van der Waals surface area contributed by atoms with Gasteiger partial charge < -0.3 is 15.1 Å². The fourth-order valence-corrected chi connectivity index (χ4v) is 4.67. The van der Waals surface area contributed by atoms with Crippen LogP contribution in [0.15, 0.2) is 72.8 Å². The number of nitrogens with zero attached hydrogens (tertiary/aromatic N) is 1. The first kappa shape index (κ1) is 19.4. The minimum atomic E-state index is -0.185. The highest BCUT2D eigenvalue weighted by molar-refractivity contribution is 7.99. The molecule has 148 valence electrons. The fourth-order valence-electron chi connectivity index (χ4n) is 3.77. The highest BCUT2D eigenvalue weighted by Crippen LogP contribution is 2.36. The number of rotatable bonds is 4. The third kappa shape index (κ3) is 4.25. The zero-order chi connectivity index (χ0) is 20.2. The molecular formula is C24H23NO3S. The van der Waals surface area contributed by atoms with Crippen molar-refractivity contribution in [1.82, 2.24) is 4.90 Å². The molecule has 4 nitrogen and oxygen atoms in total. The molecule has 3 aromatic rings. The molecule has 1 saturated heterocycles. The molecule has 2 N–H and O–H groups in total. The Kier molecular flexibility index (Phi) is 5.76. The summed E-state index contributed by atoms with van der Waals surface area (Å²) in [7, 11) is 0. The van der Waals surface area contributed by atoms with E-state index >= 15 is 0 Å². The Hall–Kier alpha value is -2.92. The third-order valence-electron chi connectivity index (χ3n) is 5.25. The van der Waals surface area contributed by atoms with Crippen molar-refractivity contribution in [2.45, 2.75) is 5.92 Å². The molecule has 0 aliphatic carbocycles. The summed E-state index contributed by atoms with van der Waals surface area (Å²) in [6, 6.07) is 21.9. The average Bonchev–Trinajstić information content (AvgIpc) is 2.77. The van der Waals surface area contributed by atoms with E-state index in [9.17, 15) is 15.0 Å². The highest BCUT2D eigenvalue weighted by atomic mass is 32.2. The summed E-state index contributed by atoms with van der Waals surface area (Å²) in [5.41, 5.74) is 3.57. The minimum Gasteiger partial charge on any atom is -0.508 e. The molecule has 0 unspecified atom stereocenters. The van der Waals surface area contributed by atoms with E-state index in [-0.39, 0.29) is 23.3 Å². The number of hydrogen-bond donors (Lipinski definition) is 2. The normalized spacial score (nSPS) is 14.2. The summed E-state index contributed by atoms with van der Waals surface area (Å²) in [6.07, 6.45) is 0. The van der Waals surface area contributed by atoms with Crippen LogP contribution in [0.3, 0.4) is 0 Å². The second kappa shape index (κ2) is 8.62. The molecule has 0 saturated carbocycles. The van der Waals surface area contributed by atoms with Crippen LogP contribution in [0, 0.1) is 0 Å². The maximum absolute atomic E-state index is 13.3. The maximum Gasteiger partial charge on any atom is 0.254 e. The molecule has 0 bridgehead atoms. The van der Waals surface area contributed by atoms with E-state index < -0.39 is 0 Å². The van der Waals surface area contributed by atoms with E-state index in [1.54, 1.807) is 24.3 Å². The summed E-state index contributed by atoms with van der Waals surface area (Å²) in [6.45, 7) is 1.53. The van der Waals surface area contributed by atoms with Gasteiger partial charge in [0, 0.05) is 36.1 Å². The first-order chi connectivity index (χ1) is 14.1. The van der Waals surface area contributed by atoms with Crippen molar-refractivity contribution in [3.63, 3.8) is 0 Å². The topological polar surface area (TPSA) is 60.8 Å². The van der Waals surface area contributed by atoms with Crippen LogP contribution in [-0.4, -0.2) is 45.6 Å². The predicted molar refractivity (Wildman–Crippen MR) is 117 cm³/mol. The number of phenolic OH excluding ortho intramolecular Hbond substituents is 2. The summed E-state index contributed by atoms with van der Waals surface area (Å²) >= 11 is 1.88. The maximum atomic E-state index is 13.3. The summed E-state index contributed by atoms with van der Waals surface area (Å²) < 4.78 is 0. The number of aromatic hydroxyl groups is 2. The standard InChI is InChI=1S/C24H23NO3S/c26-19-9-5-17(6-10-19)23(18-7-11-20(27)12-8-18)21-3-1-2-4-22(21)24(28)25-13-15-29-16-14-25/h1-12,23,26-27H,13-16H2. The Morgan fingerprint density at radius 2 is 1.31 bits per heavy atom. The van der Waals surface area contributed by atoms with E-state index in [1.807, 2.05) is 65.2 Å². The van der Waals surface area contributed by atoms with Gasteiger partial charge in [-0.05, 0) is 47.0 Å². The molecule has 3 aromatic carbocycles. The molecule has 0 spiro atoms. The van der Waals surface area contributed by atoms with Crippen LogP contribution in [0.4, 0.5) is 0 Å². The number of carbonyl (C=O) groups is 1. The van der Waals surface area contributed by atoms with Crippen molar-refractivity contribution >= 4 is 17.7 Å². The Bertz CT molecular complexity index is 934. The average molecular weight is 406 g/mol. The zero-order valence-corrected chi connectivity index (χ0v) is 16.8. The van der Waals surface area contributed by atoms with Gasteiger partial charge in [0.1, 0.15) is 11.5 Å². The van der Waals surface area contributed by atoms with Gasteiger partial charge in [0.15, 0.2) is 0 Å². The van der Waals surface area contributed by atoms with Crippen LogP contribution in [0.1, 0.15) is 33.0 Å². The van der Waals surface area contributed by atoms with Gasteiger partial charge in [-0.3, -0.25) is 4.79 Å². The quantitative estimate of drug-likeness (QED) is 0.629. The molecule has 29 heavy (non-hydrogen) atoms. The van der Waals surface area contributed by atoms with Crippen LogP contribution in [0.5, 0.6) is 11.5 Å². The lowest BCUT2D eigenvalue weighted by Gasteiger charge is -2.29. The summed E-state index contributed by atoms with van der Waals surface area (Å²) in [4.78, 5) is 15.3. The van der Waals surface area contributed by atoms with Gasteiger partial charge in [-0.1, -0.05) is 42.5 Å². The van der Waals surface area contributed by atoms with Crippen molar-refractivity contribution in [3.8, 4) is 11.5 Å². The van der Waals surface area contributed by atoms with E-state index in [0.717, 1.165) is 41.3 Å². The Morgan fingerprint density at radius 1 is 0.793 bits per heavy atom. The molecular weight excluding hydrogens is 382 g/mol. The fraction of sp³-hybridized carbons (Fsp3) is 0.208. The first-order valence-corrected chi connectivity index (χ1v) is 10.8. The lowest BCUT2D eigenvalue weighted by atomic mass is 9.82. The smallest absolute Gasteiger partial charge is 0.254 e. The summed E-state index contributed by atoms with van der Waals surface area (Å²) in [5, 5.41) is 19.5. The number of hydrogen-bond acceptors (Lipinski definition) is 4. The number of phenols is 2. The molecule has 1 fully saturated rings. The summed E-state index contributed by atoms with van der Waals surface area (Å²) in [5.74, 6) is 2.21. The van der Waals surface area contributed by atoms with Gasteiger partial charge in [-0.15, -0.1) is 0 Å². The van der Waals surface area contributed by atoms with Crippen molar-refractivity contribution in [3.05, 3.63) is 95.1 Å². The number of benzene rings is 3. The second-order valence-corrected chi connectivity index (χ2v) is 8.33. The lowest BCUT2D eigenvalue weighted by molar-refractivity contribution is 0.0771. The van der Waals surface area contributed by atoms with E-state index in [0.29, 0.717) is 5.56 Å². The largest absolute Gasteiger partial charge is 0.508 e. The van der Waals surface area contributed by atoms with Crippen molar-refractivity contribution in [2.24, 2.45) is 0 Å². The highest BCUT2D eigenvalue weighted by Gasteiger charge is 2.26.